The number of aliphatic hydroxyl groups is 1. The summed E-state index contributed by atoms with van der Waals surface area (Å²) in [5, 5.41) is 23.2. The van der Waals surface area contributed by atoms with E-state index in [-0.39, 0.29) is 24.1 Å². The number of nitrogens with one attached hydrogen (secondary N) is 1. The van der Waals surface area contributed by atoms with Crippen LogP contribution < -0.4 is 10.9 Å². The minimum absolute atomic E-state index is 0.0850. The Morgan fingerprint density at radius 2 is 1.97 bits per heavy atom. The van der Waals surface area contributed by atoms with Gasteiger partial charge in [0, 0.05) is 23.7 Å². The van der Waals surface area contributed by atoms with Crippen molar-refractivity contribution < 1.29 is 9.90 Å². The van der Waals surface area contributed by atoms with E-state index in [9.17, 15) is 20.0 Å². The molecule has 2 N–H and O–H groups in total. The Morgan fingerprint density at radius 1 is 1.15 bits per heavy atom. The van der Waals surface area contributed by atoms with Crippen molar-refractivity contribution in [3.05, 3.63) is 87.5 Å². The number of benzene rings is 2. The summed E-state index contributed by atoms with van der Waals surface area (Å²) in [6.45, 7) is 0.492. The van der Waals surface area contributed by atoms with Gasteiger partial charge in [0.25, 0.3) is 11.5 Å². The van der Waals surface area contributed by atoms with Crippen LogP contribution in [0.1, 0.15) is 28.1 Å². The summed E-state index contributed by atoms with van der Waals surface area (Å²) in [7, 11) is 0. The number of anilines is 2. The monoisotopic (exact) mass is 470 g/mol. The lowest BCUT2D eigenvalue weighted by Gasteiger charge is -2.23. The minimum atomic E-state index is -0.219. The van der Waals surface area contributed by atoms with Crippen molar-refractivity contribution >= 4 is 38.8 Å². The number of carbonyl (C=O) groups excluding carboxylic acids is 1. The molecule has 5 rings (SSSR count). The summed E-state index contributed by atoms with van der Waals surface area (Å²) in [5.74, 6) is -0.177. The van der Waals surface area contributed by atoms with Crippen molar-refractivity contribution in [1.82, 2.24) is 9.47 Å². The van der Waals surface area contributed by atoms with E-state index in [4.69, 9.17) is 0 Å². The van der Waals surface area contributed by atoms with E-state index in [2.05, 4.69) is 11.4 Å². The fraction of sp³-hybridized carbons (Fsp3) is 0.192. The molecule has 0 radical (unpaired) electrons. The average Bonchev–Trinajstić information content (AvgIpc) is 3.49. The molecule has 1 saturated heterocycles. The molecule has 0 saturated carbocycles. The van der Waals surface area contributed by atoms with Crippen LogP contribution in [0.3, 0.4) is 0 Å². The van der Waals surface area contributed by atoms with Gasteiger partial charge in [-0.05, 0) is 49.2 Å². The molecule has 170 valence electrons. The number of nitrogens with zero attached hydrogens (tertiary/aromatic N) is 3. The predicted octanol–water partition coefficient (Wildman–Crippen LogP) is 4.26. The zero-order valence-corrected chi connectivity index (χ0v) is 19.1. The number of rotatable bonds is 5. The third-order valence-corrected chi connectivity index (χ3v) is 7.24. The summed E-state index contributed by atoms with van der Waals surface area (Å²) in [5.41, 5.74) is 2.29. The Balaban J connectivity index is 1.72. The maximum absolute atomic E-state index is 13.7. The predicted molar refractivity (Wildman–Crippen MR) is 133 cm³/mol. The largest absolute Gasteiger partial charge is 0.394 e. The standard InChI is InChI=1S/C26H22N4O3S/c27-15-17-6-4-7-18(14-17)28-23-21-11-12-22(32)30(19-8-2-1-3-9-19)26(21)34-24(23)25(33)29-13-5-10-20(29)16-31/h1-4,6-9,11-12,14,20,28,31H,5,10,13,16H2/t20-/m1/s1. The van der Waals surface area contributed by atoms with Gasteiger partial charge in [0.05, 0.1) is 35.7 Å². The van der Waals surface area contributed by atoms with Crippen LogP contribution in [0.2, 0.25) is 0 Å². The second kappa shape index (κ2) is 9.14. The van der Waals surface area contributed by atoms with Crippen LogP contribution in [-0.2, 0) is 0 Å². The fourth-order valence-electron chi connectivity index (χ4n) is 4.41. The number of aliphatic hydroxyl groups excluding tert-OH is 1. The Morgan fingerprint density at radius 3 is 2.74 bits per heavy atom. The molecule has 1 fully saturated rings. The number of para-hydroxylation sites is 1. The molecule has 4 aromatic rings. The fourth-order valence-corrected chi connectivity index (χ4v) is 5.64. The number of aromatic nitrogens is 1. The number of fused-ring (bicyclic) bond motifs is 1. The molecule has 1 aliphatic heterocycles. The van der Waals surface area contributed by atoms with E-state index in [0.717, 1.165) is 18.2 Å². The first-order valence-electron chi connectivity index (χ1n) is 11.0. The molecule has 3 heterocycles. The van der Waals surface area contributed by atoms with Crippen LogP contribution >= 0.6 is 11.3 Å². The Labute approximate surface area is 200 Å². The first-order valence-corrected chi connectivity index (χ1v) is 11.9. The van der Waals surface area contributed by atoms with Crippen molar-refractivity contribution in [3.8, 4) is 11.8 Å². The number of nitriles is 1. The Hall–Kier alpha value is -3.93. The summed E-state index contributed by atoms with van der Waals surface area (Å²) in [4.78, 5) is 29.4. The van der Waals surface area contributed by atoms with E-state index in [1.807, 2.05) is 36.4 Å². The number of amides is 1. The molecule has 7 nitrogen and oxygen atoms in total. The lowest BCUT2D eigenvalue weighted by Crippen LogP contribution is -2.37. The topological polar surface area (TPSA) is 98.4 Å². The smallest absolute Gasteiger partial charge is 0.266 e. The molecule has 0 aliphatic carbocycles. The first-order chi connectivity index (χ1) is 16.6. The lowest BCUT2D eigenvalue weighted by molar-refractivity contribution is 0.0683. The van der Waals surface area contributed by atoms with Crippen molar-refractivity contribution in [2.75, 3.05) is 18.5 Å². The average molecular weight is 471 g/mol. The molecular weight excluding hydrogens is 448 g/mol. The molecule has 1 aliphatic rings. The number of hydrogen-bond donors (Lipinski definition) is 2. The number of carbonyl (C=O) groups is 1. The van der Waals surface area contributed by atoms with Crippen LogP contribution in [0.4, 0.5) is 11.4 Å². The number of hydrogen-bond acceptors (Lipinski definition) is 6. The third-order valence-electron chi connectivity index (χ3n) is 6.06. The highest BCUT2D eigenvalue weighted by molar-refractivity contribution is 7.21. The van der Waals surface area contributed by atoms with Crippen molar-refractivity contribution in [2.24, 2.45) is 0 Å². The molecule has 34 heavy (non-hydrogen) atoms. The molecule has 2 aromatic carbocycles. The lowest BCUT2D eigenvalue weighted by atomic mass is 10.2. The molecule has 0 spiro atoms. The van der Waals surface area contributed by atoms with Gasteiger partial charge >= 0.3 is 0 Å². The third kappa shape index (κ3) is 3.85. The number of likely N-dealkylation sites (tertiary alicyclic amines) is 1. The zero-order valence-electron chi connectivity index (χ0n) is 18.3. The van der Waals surface area contributed by atoms with Crippen molar-refractivity contribution in [3.63, 3.8) is 0 Å². The second-order valence-corrected chi connectivity index (χ2v) is 9.16. The maximum Gasteiger partial charge on any atom is 0.266 e. The van der Waals surface area contributed by atoms with Gasteiger partial charge in [0.2, 0.25) is 0 Å². The molecule has 0 unspecified atom stereocenters. The SMILES string of the molecule is N#Cc1cccc(Nc2c(C(=O)N3CCC[C@@H]3CO)sc3c2ccc(=O)n3-c2ccccc2)c1. The van der Waals surface area contributed by atoms with Gasteiger partial charge in [-0.3, -0.25) is 14.2 Å². The molecule has 1 amide bonds. The summed E-state index contributed by atoms with van der Waals surface area (Å²) >= 11 is 1.26. The highest BCUT2D eigenvalue weighted by Gasteiger charge is 2.32. The maximum atomic E-state index is 13.7. The van der Waals surface area contributed by atoms with Crippen LogP contribution in [-0.4, -0.2) is 39.7 Å². The van der Waals surface area contributed by atoms with Gasteiger partial charge in [-0.2, -0.15) is 5.26 Å². The number of pyridine rings is 1. The summed E-state index contributed by atoms with van der Waals surface area (Å²) in [6.07, 6.45) is 1.60. The van der Waals surface area contributed by atoms with E-state index < -0.39 is 0 Å². The van der Waals surface area contributed by atoms with Gasteiger partial charge in [0.15, 0.2) is 0 Å². The zero-order chi connectivity index (χ0) is 23.7. The Kier molecular flexibility index (Phi) is 5.88. The van der Waals surface area contributed by atoms with E-state index >= 15 is 0 Å². The normalized spacial score (nSPS) is 15.4. The minimum Gasteiger partial charge on any atom is -0.394 e. The highest BCUT2D eigenvalue weighted by Crippen LogP contribution is 2.39. The first kappa shape index (κ1) is 21.9. The second-order valence-electron chi connectivity index (χ2n) is 8.16. The van der Waals surface area contributed by atoms with Gasteiger partial charge in [-0.15, -0.1) is 11.3 Å². The van der Waals surface area contributed by atoms with Crippen LogP contribution in [0, 0.1) is 11.3 Å². The van der Waals surface area contributed by atoms with Crippen molar-refractivity contribution in [1.29, 1.82) is 5.26 Å². The summed E-state index contributed by atoms with van der Waals surface area (Å²) in [6, 6.07) is 21.5. The number of thiophene rings is 1. The van der Waals surface area contributed by atoms with E-state index in [0.29, 0.717) is 38.9 Å². The van der Waals surface area contributed by atoms with Crippen LogP contribution in [0.25, 0.3) is 15.9 Å². The van der Waals surface area contributed by atoms with E-state index in [1.54, 1.807) is 33.7 Å². The van der Waals surface area contributed by atoms with Gasteiger partial charge in [-0.25, -0.2) is 0 Å². The molecule has 1 atom stereocenters. The molecule has 0 bridgehead atoms. The highest BCUT2D eigenvalue weighted by atomic mass is 32.1. The summed E-state index contributed by atoms with van der Waals surface area (Å²) < 4.78 is 1.61. The van der Waals surface area contributed by atoms with Gasteiger partial charge in [0.1, 0.15) is 9.71 Å². The Bertz CT molecular complexity index is 1470. The molecular formula is C26H22N4O3S. The molecule has 8 heteroatoms. The van der Waals surface area contributed by atoms with Crippen LogP contribution in [0.15, 0.2) is 71.5 Å². The molecule has 2 aromatic heterocycles. The van der Waals surface area contributed by atoms with Crippen LogP contribution in [0.5, 0.6) is 0 Å². The van der Waals surface area contributed by atoms with Crippen molar-refractivity contribution in [2.45, 2.75) is 18.9 Å². The quantitative estimate of drug-likeness (QED) is 0.454. The van der Waals surface area contributed by atoms with Gasteiger partial charge in [-0.1, -0.05) is 24.3 Å². The van der Waals surface area contributed by atoms with Gasteiger partial charge < -0.3 is 15.3 Å². The van der Waals surface area contributed by atoms with E-state index in [1.165, 1.54) is 17.4 Å².